The second kappa shape index (κ2) is 9.69. The molecule has 0 radical (unpaired) electrons. The van der Waals surface area contributed by atoms with Crippen molar-refractivity contribution in [2.45, 2.75) is 50.8 Å². The Hall–Kier alpha value is -0.960. The fourth-order valence-electron chi connectivity index (χ4n) is 4.45. The second-order valence-electron chi connectivity index (χ2n) is 8.39. The first kappa shape index (κ1) is 21.7. The maximum Gasteiger partial charge on any atom is 0.262 e. The van der Waals surface area contributed by atoms with Gasteiger partial charge in [-0.3, -0.25) is 4.79 Å². The summed E-state index contributed by atoms with van der Waals surface area (Å²) < 4.78 is 27.0. The average Bonchev–Trinajstić information content (AvgIpc) is 3.32. The molecule has 2 atom stereocenters. The Balaban J connectivity index is 1.45. The van der Waals surface area contributed by atoms with E-state index in [0.717, 1.165) is 44.1 Å². The van der Waals surface area contributed by atoms with Gasteiger partial charge in [-0.05, 0) is 61.9 Å². The van der Waals surface area contributed by atoms with Gasteiger partial charge >= 0.3 is 0 Å². The van der Waals surface area contributed by atoms with Gasteiger partial charge in [-0.15, -0.1) is 11.3 Å². The van der Waals surface area contributed by atoms with Gasteiger partial charge in [-0.1, -0.05) is 13.8 Å². The molecule has 0 aromatic carbocycles. The van der Waals surface area contributed by atoms with Crippen molar-refractivity contribution in [2.24, 2.45) is 11.8 Å². The van der Waals surface area contributed by atoms with Crippen LogP contribution in [0.5, 0.6) is 0 Å². The molecule has 2 fully saturated rings. The molecule has 2 saturated heterocycles. The number of unbranched alkanes of at least 4 members (excludes halogenated alkanes) is 1. The van der Waals surface area contributed by atoms with Gasteiger partial charge in [0.15, 0.2) is 0 Å². The van der Waals surface area contributed by atoms with E-state index in [9.17, 15) is 13.2 Å². The summed E-state index contributed by atoms with van der Waals surface area (Å²) in [6.45, 7) is 9.72. The number of hydrogen-bond donors (Lipinski definition) is 1. The molecule has 2 aliphatic rings. The Bertz CT molecular complexity index is 747. The summed E-state index contributed by atoms with van der Waals surface area (Å²) >= 11 is 1.20. The van der Waals surface area contributed by atoms with E-state index in [-0.39, 0.29) is 10.8 Å². The molecule has 1 aromatic heterocycles. The standard InChI is InChI=1S/C20H33N3O3S2/c1-16-13-17(2)15-22(14-16)9-4-3-8-21-20(24)19-18(7-12-27-19)28(25,26)23-10-5-6-11-23/h7,12,16-17H,3-6,8-11,13-15H2,1-2H3,(H,21,24). The van der Waals surface area contributed by atoms with Crippen molar-refractivity contribution >= 4 is 27.3 Å². The van der Waals surface area contributed by atoms with E-state index >= 15 is 0 Å². The van der Waals surface area contributed by atoms with Gasteiger partial charge in [0.05, 0.1) is 0 Å². The smallest absolute Gasteiger partial charge is 0.262 e. The molecule has 3 rings (SSSR count). The highest BCUT2D eigenvalue weighted by molar-refractivity contribution is 7.89. The maximum atomic E-state index is 12.8. The molecule has 1 N–H and O–H groups in total. The van der Waals surface area contributed by atoms with Crippen LogP contribution in [0, 0.1) is 11.8 Å². The molecule has 0 saturated carbocycles. The minimum atomic E-state index is -3.56. The lowest BCUT2D eigenvalue weighted by Gasteiger charge is -2.34. The molecule has 3 heterocycles. The molecule has 158 valence electrons. The average molecular weight is 428 g/mol. The fraction of sp³-hybridized carbons (Fsp3) is 0.750. The number of sulfonamides is 1. The van der Waals surface area contributed by atoms with Crippen LogP contribution in [-0.4, -0.2) is 62.8 Å². The summed E-state index contributed by atoms with van der Waals surface area (Å²) in [5, 5.41) is 4.60. The minimum absolute atomic E-state index is 0.160. The van der Waals surface area contributed by atoms with Gasteiger partial charge in [0, 0.05) is 32.7 Å². The van der Waals surface area contributed by atoms with Crippen molar-refractivity contribution < 1.29 is 13.2 Å². The number of carbonyl (C=O) groups excluding carboxylic acids is 1. The quantitative estimate of drug-likeness (QED) is 0.648. The summed E-state index contributed by atoms with van der Waals surface area (Å²) in [6, 6.07) is 1.56. The molecule has 6 nitrogen and oxygen atoms in total. The number of nitrogens with zero attached hydrogens (tertiary/aromatic N) is 2. The van der Waals surface area contributed by atoms with E-state index in [4.69, 9.17) is 0 Å². The Kier molecular flexibility index (Phi) is 7.53. The maximum absolute atomic E-state index is 12.8. The van der Waals surface area contributed by atoms with Gasteiger partial charge in [0.25, 0.3) is 5.91 Å². The van der Waals surface area contributed by atoms with Crippen LogP contribution in [0.2, 0.25) is 0 Å². The molecule has 8 heteroatoms. The van der Waals surface area contributed by atoms with Crippen molar-refractivity contribution in [1.29, 1.82) is 0 Å². The molecule has 0 bridgehead atoms. The van der Waals surface area contributed by atoms with Crippen molar-refractivity contribution in [3.63, 3.8) is 0 Å². The van der Waals surface area contributed by atoms with Gasteiger partial charge < -0.3 is 10.2 Å². The Morgan fingerprint density at radius 3 is 2.54 bits per heavy atom. The predicted molar refractivity (Wildman–Crippen MR) is 113 cm³/mol. The number of thiophene rings is 1. The number of piperidine rings is 1. The number of rotatable bonds is 8. The molecule has 1 amide bonds. The highest BCUT2D eigenvalue weighted by atomic mass is 32.2. The van der Waals surface area contributed by atoms with Crippen LogP contribution in [0.1, 0.15) is 55.6 Å². The monoisotopic (exact) mass is 427 g/mol. The molecule has 0 spiro atoms. The van der Waals surface area contributed by atoms with Crippen molar-refractivity contribution in [3.05, 3.63) is 16.3 Å². The van der Waals surface area contributed by atoms with E-state index in [1.54, 1.807) is 11.4 Å². The third-order valence-corrected chi connectivity index (χ3v) is 8.63. The van der Waals surface area contributed by atoms with E-state index in [1.807, 2.05) is 0 Å². The number of amides is 1. The van der Waals surface area contributed by atoms with Gasteiger partial charge in [-0.2, -0.15) is 4.31 Å². The normalized spacial score (nSPS) is 24.5. The molecular weight excluding hydrogens is 394 g/mol. The highest BCUT2D eigenvalue weighted by Crippen LogP contribution is 2.27. The van der Waals surface area contributed by atoms with Crippen molar-refractivity contribution in [3.8, 4) is 0 Å². The summed E-state index contributed by atoms with van der Waals surface area (Å²) in [5.41, 5.74) is 0. The third kappa shape index (κ3) is 5.34. The topological polar surface area (TPSA) is 69.7 Å². The number of nitrogens with one attached hydrogen (secondary N) is 1. The molecule has 2 aliphatic heterocycles. The van der Waals surface area contributed by atoms with Crippen LogP contribution < -0.4 is 5.32 Å². The van der Waals surface area contributed by atoms with E-state index in [0.29, 0.717) is 24.5 Å². The Morgan fingerprint density at radius 2 is 1.86 bits per heavy atom. The lowest BCUT2D eigenvalue weighted by Crippen LogP contribution is -2.39. The first-order valence-electron chi connectivity index (χ1n) is 10.5. The zero-order valence-electron chi connectivity index (χ0n) is 17.0. The highest BCUT2D eigenvalue weighted by Gasteiger charge is 2.31. The fourth-order valence-corrected chi connectivity index (χ4v) is 7.29. The predicted octanol–water partition coefficient (Wildman–Crippen LogP) is 3.02. The molecule has 0 aliphatic carbocycles. The van der Waals surface area contributed by atoms with Crippen molar-refractivity contribution in [2.75, 3.05) is 39.3 Å². The number of hydrogen-bond acceptors (Lipinski definition) is 5. The summed E-state index contributed by atoms with van der Waals surface area (Å²) in [5.74, 6) is 1.25. The first-order chi connectivity index (χ1) is 13.4. The zero-order valence-corrected chi connectivity index (χ0v) is 18.7. The van der Waals surface area contributed by atoms with Crippen LogP contribution in [-0.2, 0) is 10.0 Å². The van der Waals surface area contributed by atoms with Crippen LogP contribution in [0.3, 0.4) is 0 Å². The second-order valence-corrected chi connectivity index (χ2v) is 11.2. The van der Waals surface area contributed by atoms with Crippen LogP contribution in [0.4, 0.5) is 0 Å². The summed E-state index contributed by atoms with van der Waals surface area (Å²) in [6.07, 6.45) is 5.04. The summed E-state index contributed by atoms with van der Waals surface area (Å²) in [7, 11) is -3.56. The van der Waals surface area contributed by atoms with Crippen LogP contribution in [0.25, 0.3) is 0 Å². The lowest BCUT2D eigenvalue weighted by atomic mass is 9.92. The SMILES string of the molecule is CC1CC(C)CN(CCCCNC(=O)c2sccc2S(=O)(=O)N2CCCC2)C1. The van der Waals surface area contributed by atoms with Crippen LogP contribution >= 0.6 is 11.3 Å². The Labute approximate surface area is 173 Å². The minimum Gasteiger partial charge on any atom is -0.351 e. The number of likely N-dealkylation sites (tertiary alicyclic amines) is 1. The van der Waals surface area contributed by atoms with Crippen molar-refractivity contribution in [1.82, 2.24) is 14.5 Å². The van der Waals surface area contributed by atoms with E-state index < -0.39 is 10.0 Å². The third-order valence-electron chi connectivity index (χ3n) is 5.65. The molecule has 1 aromatic rings. The Morgan fingerprint density at radius 1 is 1.18 bits per heavy atom. The number of carbonyl (C=O) groups is 1. The first-order valence-corrected chi connectivity index (χ1v) is 12.8. The van der Waals surface area contributed by atoms with Crippen LogP contribution in [0.15, 0.2) is 16.3 Å². The zero-order chi connectivity index (χ0) is 20.1. The molecule has 2 unspecified atom stereocenters. The molecule has 28 heavy (non-hydrogen) atoms. The van der Waals surface area contributed by atoms with Gasteiger partial charge in [0.2, 0.25) is 10.0 Å². The van der Waals surface area contributed by atoms with E-state index in [2.05, 4.69) is 24.1 Å². The van der Waals surface area contributed by atoms with Gasteiger partial charge in [0.1, 0.15) is 9.77 Å². The van der Waals surface area contributed by atoms with Gasteiger partial charge in [-0.25, -0.2) is 8.42 Å². The molecular formula is C20H33N3O3S2. The van der Waals surface area contributed by atoms with E-state index in [1.165, 1.54) is 35.2 Å². The summed E-state index contributed by atoms with van der Waals surface area (Å²) in [4.78, 5) is 15.5. The lowest BCUT2D eigenvalue weighted by molar-refractivity contribution is 0.0952. The largest absolute Gasteiger partial charge is 0.351 e.